The van der Waals surface area contributed by atoms with E-state index >= 15 is 0 Å². The lowest BCUT2D eigenvalue weighted by molar-refractivity contribution is 0.0494. The van der Waals surface area contributed by atoms with Gasteiger partial charge in [-0.05, 0) is 55.7 Å². The summed E-state index contributed by atoms with van der Waals surface area (Å²) in [6.45, 7) is 9.21. The van der Waals surface area contributed by atoms with Gasteiger partial charge in [-0.1, -0.05) is 59.4 Å². The second kappa shape index (κ2) is 14.2. The fourth-order valence-electron chi connectivity index (χ4n) is 3.10. The van der Waals surface area contributed by atoms with Crippen LogP contribution in [0.5, 0.6) is 0 Å². The Kier molecular flexibility index (Phi) is 12.3. The highest BCUT2D eigenvalue weighted by Crippen LogP contribution is 2.25. The second-order valence-corrected chi connectivity index (χ2v) is 7.31. The molecule has 0 unspecified atom stereocenters. The van der Waals surface area contributed by atoms with Crippen LogP contribution in [0.3, 0.4) is 0 Å². The van der Waals surface area contributed by atoms with Crippen LogP contribution in [0.2, 0.25) is 0 Å². The Labute approximate surface area is 171 Å². The van der Waals surface area contributed by atoms with Crippen LogP contribution in [-0.2, 0) is 22.3 Å². The van der Waals surface area contributed by atoms with Crippen molar-refractivity contribution in [3.63, 3.8) is 0 Å². The topological polar surface area (TPSA) is 52.6 Å². The van der Waals surface area contributed by atoms with E-state index in [-0.39, 0.29) is 11.9 Å². The van der Waals surface area contributed by atoms with Crippen molar-refractivity contribution in [2.45, 2.75) is 91.9 Å². The fourth-order valence-corrected chi connectivity index (χ4v) is 3.10. The predicted molar refractivity (Wildman–Crippen MR) is 114 cm³/mol. The van der Waals surface area contributed by atoms with Crippen LogP contribution in [0, 0.1) is 0 Å². The molecule has 1 aromatic rings. The Morgan fingerprint density at radius 2 is 1.25 bits per heavy atom. The molecule has 0 aromatic heterocycles. The molecule has 0 heterocycles. The predicted octanol–water partition coefficient (Wildman–Crippen LogP) is 6.29. The number of rotatable bonds is 14. The summed E-state index contributed by atoms with van der Waals surface area (Å²) in [6, 6.07) is 3.75. The van der Waals surface area contributed by atoms with Gasteiger partial charge < -0.3 is 9.47 Å². The summed E-state index contributed by atoms with van der Waals surface area (Å²) >= 11 is 0. The number of hydrogen-bond acceptors (Lipinski definition) is 4. The standard InChI is InChI=1S/C24H38O4/c1-5-9-13-19-15-16-21(23(25)27-17-11-7-3)20(14-10-6-2)22(19)24(26)28-18-12-8-4/h15-16H,5-14,17-18H2,1-4H3. The Morgan fingerprint density at radius 3 is 1.82 bits per heavy atom. The lowest BCUT2D eigenvalue weighted by Gasteiger charge is -2.18. The second-order valence-electron chi connectivity index (χ2n) is 7.31. The van der Waals surface area contributed by atoms with E-state index in [0.29, 0.717) is 30.8 Å². The van der Waals surface area contributed by atoms with E-state index < -0.39 is 0 Å². The van der Waals surface area contributed by atoms with Crippen LogP contribution < -0.4 is 0 Å². The molecule has 1 rings (SSSR count). The number of esters is 2. The molecular weight excluding hydrogens is 352 g/mol. The minimum absolute atomic E-state index is 0.297. The van der Waals surface area contributed by atoms with Gasteiger partial charge >= 0.3 is 11.9 Å². The van der Waals surface area contributed by atoms with E-state index in [9.17, 15) is 9.59 Å². The molecule has 4 nitrogen and oxygen atoms in total. The molecule has 0 bridgehead atoms. The molecule has 0 aliphatic rings. The van der Waals surface area contributed by atoms with E-state index in [1.54, 1.807) is 0 Å². The smallest absolute Gasteiger partial charge is 0.338 e. The lowest BCUT2D eigenvalue weighted by atomic mass is 9.90. The number of unbranched alkanes of at least 4 members (excludes halogenated alkanes) is 4. The van der Waals surface area contributed by atoms with E-state index in [1.165, 1.54) is 0 Å². The van der Waals surface area contributed by atoms with Crippen molar-refractivity contribution >= 4 is 11.9 Å². The summed E-state index contributed by atoms with van der Waals surface area (Å²) in [5.74, 6) is -0.627. The summed E-state index contributed by atoms with van der Waals surface area (Å²) in [7, 11) is 0. The molecule has 0 saturated carbocycles. The summed E-state index contributed by atoms with van der Waals surface area (Å²) in [6.07, 6.45) is 9.11. The van der Waals surface area contributed by atoms with Crippen molar-refractivity contribution in [3.8, 4) is 0 Å². The third kappa shape index (κ3) is 7.65. The van der Waals surface area contributed by atoms with Crippen molar-refractivity contribution in [3.05, 3.63) is 34.4 Å². The number of benzene rings is 1. The summed E-state index contributed by atoms with van der Waals surface area (Å²) < 4.78 is 11.0. The lowest BCUT2D eigenvalue weighted by Crippen LogP contribution is -2.18. The molecule has 1 aromatic carbocycles. The average Bonchev–Trinajstić information content (AvgIpc) is 2.70. The minimum Gasteiger partial charge on any atom is -0.462 e. The number of carbonyl (C=O) groups excluding carboxylic acids is 2. The zero-order valence-electron chi connectivity index (χ0n) is 18.3. The molecule has 28 heavy (non-hydrogen) atoms. The van der Waals surface area contributed by atoms with Crippen LogP contribution in [0.1, 0.15) is 111 Å². The highest BCUT2D eigenvalue weighted by molar-refractivity contribution is 5.99. The summed E-state index contributed by atoms with van der Waals surface area (Å²) in [5, 5.41) is 0. The van der Waals surface area contributed by atoms with Gasteiger partial charge in [0.25, 0.3) is 0 Å². The third-order valence-corrected chi connectivity index (χ3v) is 4.87. The van der Waals surface area contributed by atoms with Gasteiger partial charge in [0.1, 0.15) is 0 Å². The van der Waals surface area contributed by atoms with Crippen LogP contribution in [0.15, 0.2) is 12.1 Å². The zero-order chi connectivity index (χ0) is 20.8. The van der Waals surface area contributed by atoms with Crippen molar-refractivity contribution in [2.24, 2.45) is 0 Å². The SMILES string of the molecule is CCCCOC(=O)c1ccc(CCCC)c(C(=O)OCCCC)c1CCCC. The molecule has 0 atom stereocenters. The first-order valence-electron chi connectivity index (χ1n) is 11.1. The largest absolute Gasteiger partial charge is 0.462 e. The van der Waals surface area contributed by atoms with E-state index in [1.807, 2.05) is 12.1 Å². The van der Waals surface area contributed by atoms with Gasteiger partial charge in [-0.25, -0.2) is 9.59 Å². The fraction of sp³-hybridized carbons (Fsp3) is 0.667. The van der Waals surface area contributed by atoms with Gasteiger partial charge in [0.05, 0.1) is 24.3 Å². The Hall–Kier alpha value is -1.84. The summed E-state index contributed by atoms with van der Waals surface area (Å²) in [4.78, 5) is 25.6. The minimum atomic E-state index is -0.329. The average molecular weight is 391 g/mol. The number of hydrogen-bond donors (Lipinski definition) is 0. The Morgan fingerprint density at radius 1 is 0.714 bits per heavy atom. The first-order valence-corrected chi connectivity index (χ1v) is 11.1. The van der Waals surface area contributed by atoms with Gasteiger partial charge in [-0.3, -0.25) is 0 Å². The van der Waals surface area contributed by atoms with Crippen LogP contribution in [0.4, 0.5) is 0 Å². The Bertz CT molecular complexity index is 607. The van der Waals surface area contributed by atoms with Gasteiger partial charge in [-0.15, -0.1) is 0 Å². The van der Waals surface area contributed by atoms with E-state index in [4.69, 9.17) is 9.47 Å². The maximum atomic E-state index is 12.9. The maximum absolute atomic E-state index is 12.9. The molecule has 0 N–H and O–H groups in total. The van der Waals surface area contributed by atoms with Crippen molar-refractivity contribution in [2.75, 3.05) is 13.2 Å². The first-order chi connectivity index (χ1) is 13.6. The first kappa shape index (κ1) is 24.2. The zero-order valence-corrected chi connectivity index (χ0v) is 18.3. The van der Waals surface area contributed by atoms with Crippen LogP contribution in [-0.4, -0.2) is 25.2 Å². The van der Waals surface area contributed by atoms with E-state index in [2.05, 4.69) is 27.7 Å². The van der Waals surface area contributed by atoms with Crippen molar-refractivity contribution in [1.29, 1.82) is 0 Å². The third-order valence-electron chi connectivity index (χ3n) is 4.87. The maximum Gasteiger partial charge on any atom is 0.338 e. The molecule has 158 valence electrons. The highest BCUT2D eigenvalue weighted by atomic mass is 16.5. The molecule has 0 spiro atoms. The van der Waals surface area contributed by atoms with Crippen molar-refractivity contribution < 1.29 is 19.1 Å². The van der Waals surface area contributed by atoms with Crippen LogP contribution in [0.25, 0.3) is 0 Å². The van der Waals surface area contributed by atoms with Gasteiger partial charge in [0.15, 0.2) is 0 Å². The van der Waals surface area contributed by atoms with Gasteiger partial charge in [0.2, 0.25) is 0 Å². The Balaban J connectivity index is 3.29. The molecule has 0 aliphatic heterocycles. The summed E-state index contributed by atoms with van der Waals surface area (Å²) in [5.41, 5.74) is 2.91. The van der Waals surface area contributed by atoms with Crippen molar-refractivity contribution in [1.82, 2.24) is 0 Å². The molecule has 0 saturated heterocycles. The van der Waals surface area contributed by atoms with E-state index in [0.717, 1.165) is 68.9 Å². The normalized spacial score (nSPS) is 10.7. The highest BCUT2D eigenvalue weighted by Gasteiger charge is 2.24. The molecule has 0 amide bonds. The molecular formula is C24H38O4. The monoisotopic (exact) mass is 390 g/mol. The number of ether oxygens (including phenoxy) is 2. The number of aryl methyl sites for hydroxylation is 1. The molecule has 0 radical (unpaired) electrons. The van der Waals surface area contributed by atoms with Gasteiger partial charge in [0, 0.05) is 0 Å². The van der Waals surface area contributed by atoms with Gasteiger partial charge in [-0.2, -0.15) is 0 Å². The molecule has 0 fully saturated rings. The quantitative estimate of drug-likeness (QED) is 0.277. The van der Waals surface area contributed by atoms with Crippen LogP contribution >= 0.6 is 0 Å². The number of carbonyl (C=O) groups is 2. The molecule has 4 heteroatoms. The molecule has 0 aliphatic carbocycles.